The Labute approximate surface area is 286 Å². The van der Waals surface area contributed by atoms with Gasteiger partial charge in [-0.15, -0.1) is 0 Å². The molecular weight excluding hydrogens is 611 g/mol. The Morgan fingerprint density at radius 3 is 1.50 bits per heavy atom. The number of hydrogen-bond donors (Lipinski definition) is 0. The minimum Gasteiger partial charge on any atom is -0.308 e. The van der Waals surface area contributed by atoms with Crippen LogP contribution in [0.3, 0.4) is 0 Å². The van der Waals surface area contributed by atoms with Crippen LogP contribution in [-0.2, 0) is 0 Å². The molecule has 0 radical (unpaired) electrons. The highest BCUT2D eigenvalue weighted by atomic mass is 15.2. The van der Waals surface area contributed by atoms with Gasteiger partial charge in [-0.3, -0.25) is 4.57 Å². The number of aromatic nitrogens is 5. The summed E-state index contributed by atoms with van der Waals surface area (Å²) in [5.74, 6) is 1.86. The van der Waals surface area contributed by atoms with Gasteiger partial charge in [-0.1, -0.05) is 140 Å². The molecule has 0 spiro atoms. The molecule has 0 unspecified atom stereocenters. The Morgan fingerprint density at radius 1 is 0.340 bits per heavy atom. The zero-order valence-corrected chi connectivity index (χ0v) is 26.8. The zero-order chi connectivity index (χ0) is 32.8. The van der Waals surface area contributed by atoms with Crippen LogP contribution >= 0.6 is 0 Å². The second-order valence-electron chi connectivity index (χ2n) is 12.9. The lowest BCUT2D eigenvalue weighted by atomic mass is 10.0. The molecular formula is C45H27N5. The van der Waals surface area contributed by atoms with E-state index in [2.05, 4.69) is 148 Å². The lowest BCUT2D eigenvalue weighted by molar-refractivity contribution is 0.954. The van der Waals surface area contributed by atoms with Crippen LogP contribution in [0.15, 0.2) is 164 Å². The molecule has 50 heavy (non-hydrogen) atoms. The summed E-state index contributed by atoms with van der Waals surface area (Å²) in [6.45, 7) is 0. The van der Waals surface area contributed by atoms with E-state index < -0.39 is 0 Å². The van der Waals surface area contributed by atoms with Crippen LogP contribution in [0.25, 0.3) is 99.8 Å². The number of para-hydroxylation sites is 3. The normalized spacial score (nSPS) is 12.0. The van der Waals surface area contributed by atoms with Gasteiger partial charge in [-0.05, 0) is 35.4 Å². The summed E-state index contributed by atoms with van der Waals surface area (Å²) in [4.78, 5) is 15.5. The number of rotatable bonds is 4. The molecule has 11 aromatic rings. The molecule has 0 atom stereocenters. The summed E-state index contributed by atoms with van der Waals surface area (Å²) in [5.41, 5.74) is 10.0. The molecule has 0 amide bonds. The monoisotopic (exact) mass is 637 g/mol. The van der Waals surface area contributed by atoms with Gasteiger partial charge in [-0.2, -0.15) is 9.97 Å². The first-order valence-corrected chi connectivity index (χ1v) is 16.9. The molecule has 11 rings (SSSR count). The summed E-state index contributed by atoms with van der Waals surface area (Å²) >= 11 is 0. The van der Waals surface area contributed by atoms with Gasteiger partial charge in [0.05, 0.1) is 27.6 Å². The van der Waals surface area contributed by atoms with Crippen molar-refractivity contribution >= 4 is 59.9 Å². The highest BCUT2D eigenvalue weighted by molar-refractivity contribution is 6.35. The fourth-order valence-corrected chi connectivity index (χ4v) is 7.93. The van der Waals surface area contributed by atoms with Crippen molar-refractivity contribution in [3.63, 3.8) is 0 Å². The lowest BCUT2D eigenvalue weighted by Crippen LogP contribution is -2.06. The average Bonchev–Trinajstić information content (AvgIpc) is 3.83. The molecule has 5 nitrogen and oxygen atoms in total. The van der Waals surface area contributed by atoms with E-state index >= 15 is 0 Å². The molecule has 4 aromatic heterocycles. The molecule has 0 saturated heterocycles. The highest BCUT2D eigenvalue weighted by Crippen LogP contribution is 2.46. The standard InChI is InChI=1S/C45H27N5/c1-3-13-28(14-4-1)29-23-25-31(26-24-29)44-46-43(30-15-5-2-6-16-30)47-45(48-44)50-38-22-12-8-18-33(38)40-39(50)27-35-32-17-7-10-20-36(32)49-37-21-11-9-19-34(37)41(40)42(35)49/h1-27H. The summed E-state index contributed by atoms with van der Waals surface area (Å²) in [6, 6.07) is 57.6. The lowest BCUT2D eigenvalue weighted by Gasteiger charge is -2.11. The third-order valence-electron chi connectivity index (χ3n) is 10.1. The van der Waals surface area contributed by atoms with E-state index in [1.54, 1.807) is 0 Å². The molecule has 232 valence electrons. The van der Waals surface area contributed by atoms with Gasteiger partial charge in [0.1, 0.15) is 0 Å². The highest BCUT2D eigenvalue weighted by Gasteiger charge is 2.25. The molecule has 0 N–H and O–H groups in total. The smallest absolute Gasteiger partial charge is 0.238 e. The van der Waals surface area contributed by atoms with Crippen LogP contribution in [-0.4, -0.2) is 23.9 Å². The molecule has 0 aliphatic rings. The largest absolute Gasteiger partial charge is 0.308 e. The zero-order valence-electron chi connectivity index (χ0n) is 26.8. The van der Waals surface area contributed by atoms with Crippen molar-refractivity contribution in [2.75, 3.05) is 0 Å². The molecule has 4 heterocycles. The van der Waals surface area contributed by atoms with Crippen LogP contribution in [0.1, 0.15) is 0 Å². The summed E-state index contributed by atoms with van der Waals surface area (Å²) in [5, 5.41) is 7.33. The van der Waals surface area contributed by atoms with E-state index in [1.165, 1.54) is 54.4 Å². The quantitative estimate of drug-likeness (QED) is 0.193. The van der Waals surface area contributed by atoms with E-state index in [1.807, 2.05) is 24.3 Å². The third kappa shape index (κ3) is 3.80. The van der Waals surface area contributed by atoms with Crippen LogP contribution < -0.4 is 0 Å². The van der Waals surface area contributed by atoms with Gasteiger partial charge in [0.15, 0.2) is 11.6 Å². The summed E-state index contributed by atoms with van der Waals surface area (Å²) in [7, 11) is 0. The molecule has 5 heteroatoms. The van der Waals surface area contributed by atoms with Gasteiger partial charge >= 0.3 is 0 Å². The maximum absolute atomic E-state index is 5.25. The fourth-order valence-electron chi connectivity index (χ4n) is 7.93. The fraction of sp³-hybridized carbons (Fsp3) is 0. The van der Waals surface area contributed by atoms with Crippen molar-refractivity contribution in [2.45, 2.75) is 0 Å². The number of nitrogens with zero attached hydrogens (tertiary/aromatic N) is 5. The number of benzene rings is 7. The number of fused-ring (bicyclic) bond motifs is 10. The van der Waals surface area contributed by atoms with Crippen molar-refractivity contribution in [3.8, 4) is 39.9 Å². The minimum atomic E-state index is 0.591. The SMILES string of the molecule is c1ccc(-c2ccc(-c3nc(-c4ccccc4)nc(-n4c5ccccc5c5c6c7ccccc7n7c8ccccc8c(cc54)c67)n3)cc2)cc1. The first-order chi connectivity index (χ1) is 24.8. The Balaban J connectivity index is 1.25. The van der Waals surface area contributed by atoms with Crippen molar-refractivity contribution in [2.24, 2.45) is 0 Å². The Hall–Kier alpha value is -6.85. The van der Waals surface area contributed by atoms with E-state index in [0.717, 1.165) is 27.7 Å². The van der Waals surface area contributed by atoms with Gasteiger partial charge in [-0.25, -0.2) is 4.98 Å². The molecule has 0 fully saturated rings. The van der Waals surface area contributed by atoms with Crippen LogP contribution in [0.2, 0.25) is 0 Å². The van der Waals surface area contributed by atoms with Gasteiger partial charge in [0.2, 0.25) is 5.95 Å². The predicted octanol–water partition coefficient (Wildman–Crippen LogP) is 11.1. The predicted molar refractivity (Wildman–Crippen MR) is 205 cm³/mol. The maximum atomic E-state index is 5.25. The van der Waals surface area contributed by atoms with E-state index in [-0.39, 0.29) is 0 Å². The van der Waals surface area contributed by atoms with E-state index in [0.29, 0.717) is 17.6 Å². The van der Waals surface area contributed by atoms with Gasteiger partial charge in [0, 0.05) is 43.4 Å². The third-order valence-corrected chi connectivity index (χ3v) is 10.1. The Kier molecular flexibility index (Phi) is 5.60. The Bertz CT molecular complexity index is 3070. The first kappa shape index (κ1) is 27.1. The van der Waals surface area contributed by atoms with Crippen molar-refractivity contribution in [1.82, 2.24) is 23.9 Å². The molecule has 0 bridgehead atoms. The van der Waals surface area contributed by atoms with Gasteiger partial charge < -0.3 is 4.40 Å². The topological polar surface area (TPSA) is 48.0 Å². The summed E-state index contributed by atoms with van der Waals surface area (Å²) in [6.07, 6.45) is 0. The van der Waals surface area contributed by atoms with Crippen LogP contribution in [0, 0.1) is 0 Å². The molecule has 0 aliphatic heterocycles. The molecule has 7 aromatic carbocycles. The second kappa shape index (κ2) is 10.3. The molecule has 0 saturated carbocycles. The summed E-state index contributed by atoms with van der Waals surface area (Å²) < 4.78 is 4.68. The first-order valence-electron chi connectivity index (χ1n) is 16.9. The van der Waals surface area contributed by atoms with E-state index in [4.69, 9.17) is 15.0 Å². The van der Waals surface area contributed by atoms with Gasteiger partial charge in [0.25, 0.3) is 0 Å². The van der Waals surface area contributed by atoms with Crippen molar-refractivity contribution < 1.29 is 0 Å². The number of hydrogen-bond acceptors (Lipinski definition) is 3. The van der Waals surface area contributed by atoms with Crippen molar-refractivity contribution in [1.29, 1.82) is 0 Å². The Morgan fingerprint density at radius 2 is 0.820 bits per heavy atom. The van der Waals surface area contributed by atoms with E-state index in [9.17, 15) is 0 Å². The second-order valence-corrected chi connectivity index (χ2v) is 12.9. The minimum absolute atomic E-state index is 0.591. The van der Waals surface area contributed by atoms with Crippen LogP contribution in [0.5, 0.6) is 0 Å². The average molecular weight is 638 g/mol. The molecule has 0 aliphatic carbocycles. The van der Waals surface area contributed by atoms with Crippen LogP contribution in [0.4, 0.5) is 0 Å². The maximum Gasteiger partial charge on any atom is 0.238 e. The van der Waals surface area contributed by atoms with Crippen molar-refractivity contribution in [3.05, 3.63) is 164 Å².